The van der Waals surface area contributed by atoms with Crippen LogP contribution >= 0.6 is 0 Å². The van der Waals surface area contributed by atoms with E-state index in [9.17, 15) is 0 Å². The Hall–Kier alpha value is -1.55. The van der Waals surface area contributed by atoms with Gasteiger partial charge in [-0.15, -0.1) is 0 Å². The van der Waals surface area contributed by atoms with Crippen molar-refractivity contribution < 1.29 is 0 Å². The Morgan fingerprint density at radius 1 is 1.32 bits per heavy atom. The lowest BCUT2D eigenvalue weighted by molar-refractivity contribution is 0.291. The number of nitrogens with two attached hydrogens (primary N) is 1. The quantitative estimate of drug-likeness (QED) is 0.920. The van der Waals surface area contributed by atoms with Crippen LogP contribution in [0.25, 0.3) is 11.0 Å². The van der Waals surface area contributed by atoms with E-state index in [4.69, 9.17) is 5.73 Å². The van der Waals surface area contributed by atoms with Crippen LogP contribution in [0.4, 0.5) is 5.95 Å². The van der Waals surface area contributed by atoms with Crippen LogP contribution in [0.5, 0.6) is 0 Å². The van der Waals surface area contributed by atoms with Crippen LogP contribution in [0.2, 0.25) is 0 Å². The first-order valence-electron chi connectivity index (χ1n) is 7.12. The van der Waals surface area contributed by atoms with E-state index in [0.717, 1.165) is 12.1 Å². The minimum atomic E-state index is 0.365. The van der Waals surface area contributed by atoms with Gasteiger partial charge in [-0.3, -0.25) is 0 Å². The number of anilines is 1. The first-order chi connectivity index (χ1) is 9.16. The molecule has 102 valence electrons. The third-order valence-electron chi connectivity index (χ3n) is 4.10. The normalized spacial score (nSPS) is 18.2. The monoisotopic (exact) mass is 258 g/mol. The zero-order chi connectivity index (χ0) is 13.4. The molecule has 2 N–H and O–H groups in total. The molecule has 0 spiro atoms. The fraction of sp³-hybridized carbons (Fsp3) is 0.533. The molecule has 1 fully saturated rings. The van der Waals surface area contributed by atoms with Gasteiger partial charge in [0.25, 0.3) is 0 Å². The maximum Gasteiger partial charge on any atom is 0.201 e. The average Bonchev–Trinajstić information content (AvgIpc) is 2.96. The second kappa shape index (κ2) is 4.85. The van der Waals surface area contributed by atoms with Crippen molar-refractivity contribution in [1.29, 1.82) is 0 Å². The van der Waals surface area contributed by atoms with Crippen molar-refractivity contribution in [3.63, 3.8) is 0 Å². The van der Waals surface area contributed by atoms with Gasteiger partial charge in [0, 0.05) is 12.6 Å². The van der Waals surface area contributed by atoms with Gasteiger partial charge in [0.2, 0.25) is 5.95 Å². The molecule has 19 heavy (non-hydrogen) atoms. The summed E-state index contributed by atoms with van der Waals surface area (Å²) in [4.78, 5) is 7.01. The summed E-state index contributed by atoms with van der Waals surface area (Å²) in [5.74, 6) is 0.635. The Morgan fingerprint density at radius 3 is 2.79 bits per heavy atom. The summed E-state index contributed by atoms with van der Waals surface area (Å²) >= 11 is 0. The molecule has 3 rings (SSSR count). The first kappa shape index (κ1) is 12.5. The number of nitrogen functional groups attached to an aromatic ring is 1. The Balaban J connectivity index is 1.96. The van der Waals surface area contributed by atoms with Crippen molar-refractivity contribution in [2.45, 2.75) is 32.7 Å². The average molecular weight is 258 g/mol. The number of aromatic nitrogens is 2. The molecule has 4 nitrogen and oxygen atoms in total. The maximum absolute atomic E-state index is 6.13. The topological polar surface area (TPSA) is 47.1 Å². The molecule has 0 saturated carbocycles. The van der Waals surface area contributed by atoms with Crippen LogP contribution in [0.1, 0.15) is 31.4 Å². The van der Waals surface area contributed by atoms with Crippen molar-refractivity contribution in [2.24, 2.45) is 0 Å². The largest absolute Gasteiger partial charge is 0.369 e. The van der Waals surface area contributed by atoms with Crippen molar-refractivity contribution in [2.75, 3.05) is 25.4 Å². The van der Waals surface area contributed by atoms with Gasteiger partial charge < -0.3 is 15.2 Å². The predicted octanol–water partition coefficient (Wildman–Crippen LogP) is 2.58. The number of hydrogen-bond donors (Lipinski definition) is 1. The number of fused-ring (bicyclic) bond motifs is 1. The molecule has 1 unspecified atom stereocenters. The lowest BCUT2D eigenvalue weighted by Crippen LogP contribution is -2.27. The second-order valence-corrected chi connectivity index (χ2v) is 5.64. The number of benzene rings is 1. The van der Waals surface area contributed by atoms with Gasteiger partial charge in [0.15, 0.2) is 0 Å². The predicted molar refractivity (Wildman–Crippen MR) is 79.3 cm³/mol. The van der Waals surface area contributed by atoms with Crippen LogP contribution in [0.15, 0.2) is 18.2 Å². The molecule has 0 aliphatic carbocycles. The molecule has 1 aromatic carbocycles. The number of nitrogens with zero attached hydrogens (tertiary/aromatic N) is 3. The summed E-state index contributed by atoms with van der Waals surface area (Å²) in [6.45, 7) is 7.86. The van der Waals surface area contributed by atoms with Crippen LogP contribution in [0, 0.1) is 6.92 Å². The van der Waals surface area contributed by atoms with Gasteiger partial charge >= 0.3 is 0 Å². The molecule has 2 aromatic rings. The molecule has 1 aliphatic rings. The maximum atomic E-state index is 6.13. The Bertz CT molecular complexity index is 581. The summed E-state index contributed by atoms with van der Waals surface area (Å²) in [5.41, 5.74) is 9.57. The summed E-state index contributed by atoms with van der Waals surface area (Å²) in [6.07, 6.45) is 2.65. The van der Waals surface area contributed by atoms with Gasteiger partial charge in [-0.05, 0) is 51.4 Å². The Kier molecular flexibility index (Phi) is 3.19. The number of hydrogen-bond acceptors (Lipinski definition) is 3. The van der Waals surface area contributed by atoms with Crippen LogP contribution in [-0.2, 0) is 0 Å². The number of rotatable bonds is 3. The molecule has 1 atom stereocenters. The van der Waals surface area contributed by atoms with E-state index < -0.39 is 0 Å². The molecule has 1 saturated heterocycles. The standard InChI is InChI=1S/C15H22N4/c1-11-6-5-7-13-14(11)19(15(16)17-13)12(2)10-18-8-3-4-9-18/h5-7,12H,3-4,8-10H2,1-2H3,(H2,16,17). The highest BCUT2D eigenvalue weighted by Gasteiger charge is 2.19. The first-order valence-corrected chi connectivity index (χ1v) is 7.12. The Labute approximate surface area is 114 Å². The molecule has 4 heteroatoms. The SMILES string of the molecule is Cc1cccc2nc(N)n(C(C)CN3CCCC3)c12. The Morgan fingerprint density at radius 2 is 2.05 bits per heavy atom. The van der Waals surface area contributed by atoms with Gasteiger partial charge in [-0.1, -0.05) is 12.1 Å². The van der Waals surface area contributed by atoms with E-state index >= 15 is 0 Å². The van der Waals surface area contributed by atoms with Crippen molar-refractivity contribution >= 4 is 17.0 Å². The lowest BCUT2D eigenvalue weighted by Gasteiger charge is -2.23. The smallest absolute Gasteiger partial charge is 0.201 e. The summed E-state index contributed by atoms with van der Waals surface area (Å²) in [5, 5.41) is 0. The van der Waals surface area contributed by atoms with Crippen LogP contribution in [-0.4, -0.2) is 34.1 Å². The van der Waals surface area contributed by atoms with Crippen molar-refractivity contribution in [3.8, 4) is 0 Å². The minimum Gasteiger partial charge on any atom is -0.369 e. The van der Waals surface area contributed by atoms with Crippen LogP contribution in [0.3, 0.4) is 0 Å². The summed E-state index contributed by atoms with van der Waals surface area (Å²) in [7, 11) is 0. The van der Waals surface area contributed by atoms with Gasteiger partial charge in [0.1, 0.15) is 0 Å². The highest BCUT2D eigenvalue weighted by molar-refractivity contribution is 5.81. The van der Waals surface area contributed by atoms with Crippen molar-refractivity contribution in [3.05, 3.63) is 23.8 Å². The van der Waals surface area contributed by atoms with Gasteiger partial charge in [0.05, 0.1) is 11.0 Å². The number of aryl methyl sites for hydroxylation is 1. The highest BCUT2D eigenvalue weighted by Crippen LogP contribution is 2.26. The van der Waals surface area contributed by atoms with E-state index in [2.05, 4.69) is 34.4 Å². The molecular formula is C15H22N4. The van der Waals surface area contributed by atoms with E-state index in [0.29, 0.717) is 12.0 Å². The molecule has 0 bridgehead atoms. The van der Waals surface area contributed by atoms with E-state index in [-0.39, 0.29) is 0 Å². The number of para-hydroxylation sites is 1. The molecule has 1 aliphatic heterocycles. The van der Waals surface area contributed by atoms with Crippen LogP contribution < -0.4 is 5.73 Å². The van der Waals surface area contributed by atoms with E-state index in [1.807, 2.05) is 12.1 Å². The summed E-state index contributed by atoms with van der Waals surface area (Å²) < 4.78 is 2.20. The number of likely N-dealkylation sites (tertiary alicyclic amines) is 1. The molecule has 1 aromatic heterocycles. The fourth-order valence-corrected chi connectivity index (χ4v) is 3.21. The van der Waals surface area contributed by atoms with E-state index in [1.54, 1.807) is 0 Å². The molecular weight excluding hydrogens is 236 g/mol. The third-order valence-corrected chi connectivity index (χ3v) is 4.10. The minimum absolute atomic E-state index is 0.365. The van der Waals surface area contributed by atoms with Gasteiger partial charge in [-0.2, -0.15) is 0 Å². The lowest BCUT2D eigenvalue weighted by atomic mass is 10.2. The summed E-state index contributed by atoms with van der Waals surface area (Å²) in [6, 6.07) is 6.57. The van der Waals surface area contributed by atoms with E-state index in [1.165, 1.54) is 37.0 Å². The number of imidazole rings is 1. The third kappa shape index (κ3) is 2.21. The zero-order valence-corrected chi connectivity index (χ0v) is 11.8. The van der Waals surface area contributed by atoms with Gasteiger partial charge in [-0.25, -0.2) is 4.98 Å². The molecule has 0 amide bonds. The fourth-order valence-electron chi connectivity index (χ4n) is 3.21. The molecule has 0 radical (unpaired) electrons. The second-order valence-electron chi connectivity index (χ2n) is 5.64. The zero-order valence-electron chi connectivity index (χ0n) is 11.8. The highest BCUT2D eigenvalue weighted by atomic mass is 15.2. The molecule has 2 heterocycles. The van der Waals surface area contributed by atoms with Crippen molar-refractivity contribution in [1.82, 2.24) is 14.5 Å².